The summed E-state index contributed by atoms with van der Waals surface area (Å²) in [5.74, 6) is 0. The smallest absolute Gasteiger partial charge is 0.138 e. The van der Waals surface area contributed by atoms with Crippen molar-refractivity contribution < 1.29 is 0 Å². The van der Waals surface area contributed by atoms with Gasteiger partial charge in [0.2, 0.25) is 0 Å². The summed E-state index contributed by atoms with van der Waals surface area (Å²) < 4.78 is 0. The van der Waals surface area contributed by atoms with Crippen LogP contribution in [0, 0.1) is 10.7 Å². The molecular weight excluding hydrogens is 178 g/mol. The van der Waals surface area contributed by atoms with Gasteiger partial charge in [0.15, 0.2) is 0 Å². The topological polar surface area (TPSA) is 23.8 Å². The molecule has 1 aromatic rings. The summed E-state index contributed by atoms with van der Waals surface area (Å²) in [7, 11) is 0. The zero-order valence-corrected chi connectivity index (χ0v) is 8.82. The third-order valence-electron chi connectivity index (χ3n) is 2.01. The molecule has 68 valence electrons. The van der Waals surface area contributed by atoms with E-state index in [9.17, 15) is 0 Å². The van der Waals surface area contributed by atoms with Crippen LogP contribution < -0.4 is 0 Å². The molecular formula is C11H13NS. The molecule has 0 aliphatic heterocycles. The van der Waals surface area contributed by atoms with Gasteiger partial charge in [0.05, 0.1) is 0 Å². The number of rotatable bonds is 3. The van der Waals surface area contributed by atoms with Crippen molar-refractivity contribution >= 4 is 11.8 Å². The van der Waals surface area contributed by atoms with Crippen molar-refractivity contribution in [2.24, 2.45) is 0 Å². The van der Waals surface area contributed by atoms with Crippen LogP contribution in [-0.4, -0.2) is 0 Å². The van der Waals surface area contributed by atoms with Crippen molar-refractivity contribution in [2.75, 3.05) is 0 Å². The Morgan fingerprint density at radius 1 is 1.15 bits per heavy atom. The van der Waals surface area contributed by atoms with Crippen LogP contribution in [0.4, 0.5) is 0 Å². The minimum absolute atomic E-state index is 1.03. The van der Waals surface area contributed by atoms with E-state index in [0.717, 1.165) is 17.7 Å². The van der Waals surface area contributed by atoms with Crippen LogP contribution in [0.2, 0.25) is 0 Å². The molecule has 0 unspecified atom stereocenters. The SMILES string of the molecule is CCc1cc(CC)cc(SC#N)c1. The molecule has 0 N–H and O–H groups in total. The number of thioether (sulfide) groups is 1. The molecule has 1 aromatic carbocycles. The van der Waals surface area contributed by atoms with Crippen LogP contribution in [0.3, 0.4) is 0 Å². The van der Waals surface area contributed by atoms with Crippen LogP contribution in [0.5, 0.6) is 0 Å². The van der Waals surface area contributed by atoms with E-state index in [1.807, 2.05) is 0 Å². The quantitative estimate of drug-likeness (QED) is 0.540. The Balaban J connectivity index is 3.01. The summed E-state index contributed by atoms with van der Waals surface area (Å²) in [4.78, 5) is 1.07. The molecule has 0 amide bonds. The highest BCUT2D eigenvalue weighted by Gasteiger charge is 1.98. The molecule has 1 nitrogen and oxygen atoms in total. The van der Waals surface area contributed by atoms with E-state index in [0.29, 0.717) is 0 Å². The van der Waals surface area contributed by atoms with Crippen molar-refractivity contribution in [3.05, 3.63) is 29.3 Å². The van der Waals surface area contributed by atoms with Gasteiger partial charge in [-0.05, 0) is 47.9 Å². The Morgan fingerprint density at radius 2 is 1.69 bits per heavy atom. The van der Waals surface area contributed by atoms with Crippen LogP contribution in [0.15, 0.2) is 23.1 Å². The molecule has 0 atom stereocenters. The normalized spacial score (nSPS) is 9.62. The second kappa shape index (κ2) is 4.94. The van der Waals surface area contributed by atoms with Crippen molar-refractivity contribution in [3.63, 3.8) is 0 Å². The van der Waals surface area contributed by atoms with Gasteiger partial charge in [0.25, 0.3) is 0 Å². The molecule has 0 spiro atoms. The molecule has 1 rings (SSSR count). The van der Waals surface area contributed by atoms with E-state index in [2.05, 4.69) is 37.4 Å². The van der Waals surface area contributed by atoms with Gasteiger partial charge in [0, 0.05) is 4.90 Å². The van der Waals surface area contributed by atoms with Crippen LogP contribution >= 0.6 is 11.8 Å². The number of thiocyanates is 1. The fourth-order valence-corrected chi connectivity index (χ4v) is 1.77. The lowest BCUT2D eigenvalue weighted by Crippen LogP contribution is -1.86. The Hall–Kier alpha value is -0.940. The van der Waals surface area contributed by atoms with Gasteiger partial charge in [0.1, 0.15) is 5.40 Å². The van der Waals surface area contributed by atoms with Crippen molar-refractivity contribution in [3.8, 4) is 5.40 Å². The van der Waals surface area contributed by atoms with Crippen LogP contribution in [-0.2, 0) is 12.8 Å². The fraction of sp³-hybridized carbons (Fsp3) is 0.364. The zero-order chi connectivity index (χ0) is 9.68. The molecule has 0 heterocycles. The molecule has 0 saturated heterocycles. The Labute approximate surface area is 83.8 Å². The minimum atomic E-state index is 1.03. The maximum atomic E-state index is 8.56. The fourth-order valence-electron chi connectivity index (χ4n) is 1.25. The molecule has 0 aliphatic rings. The molecule has 2 heteroatoms. The molecule has 0 bridgehead atoms. The maximum Gasteiger partial charge on any atom is 0.138 e. The van der Waals surface area contributed by atoms with E-state index in [-0.39, 0.29) is 0 Å². The predicted molar refractivity (Wildman–Crippen MR) is 56.7 cm³/mol. The number of hydrogen-bond donors (Lipinski definition) is 0. The highest BCUT2D eigenvalue weighted by atomic mass is 32.2. The first-order valence-corrected chi connectivity index (χ1v) is 5.30. The summed E-state index contributed by atoms with van der Waals surface area (Å²) in [5.41, 5.74) is 2.63. The van der Waals surface area contributed by atoms with Gasteiger partial charge in [-0.25, -0.2) is 0 Å². The van der Waals surface area contributed by atoms with Crippen molar-refractivity contribution in [1.82, 2.24) is 0 Å². The van der Waals surface area contributed by atoms with Gasteiger partial charge in [-0.2, -0.15) is 5.26 Å². The summed E-state index contributed by atoms with van der Waals surface area (Å²) in [5, 5.41) is 10.7. The maximum absolute atomic E-state index is 8.56. The Kier molecular flexibility index (Phi) is 3.85. The van der Waals surface area contributed by atoms with Crippen LogP contribution in [0.1, 0.15) is 25.0 Å². The molecule has 13 heavy (non-hydrogen) atoms. The van der Waals surface area contributed by atoms with E-state index < -0.39 is 0 Å². The summed E-state index contributed by atoms with van der Waals surface area (Å²) in [6.07, 6.45) is 2.07. The molecule has 0 aliphatic carbocycles. The molecule has 0 fully saturated rings. The zero-order valence-electron chi connectivity index (χ0n) is 8.00. The van der Waals surface area contributed by atoms with Gasteiger partial charge in [-0.3, -0.25) is 0 Å². The Bertz CT molecular complexity index is 303. The second-order valence-electron chi connectivity index (χ2n) is 2.89. The highest BCUT2D eigenvalue weighted by Crippen LogP contribution is 2.21. The average Bonchev–Trinajstić information content (AvgIpc) is 2.17. The van der Waals surface area contributed by atoms with Gasteiger partial charge >= 0.3 is 0 Å². The lowest BCUT2D eigenvalue weighted by Gasteiger charge is -2.03. The monoisotopic (exact) mass is 191 g/mol. The van der Waals surface area contributed by atoms with Gasteiger partial charge in [-0.1, -0.05) is 19.9 Å². The minimum Gasteiger partial charge on any atom is -0.185 e. The number of nitriles is 1. The number of nitrogens with zero attached hydrogens (tertiary/aromatic N) is 1. The van der Waals surface area contributed by atoms with E-state index in [4.69, 9.17) is 5.26 Å². The summed E-state index contributed by atoms with van der Waals surface area (Å²) >= 11 is 1.24. The molecule has 0 saturated carbocycles. The standard InChI is InChI=1S/C11H13NS/c1-3-9-5-10(4-2)7-11(6-9)13-8-12/h5-7H,3-4H2,1-2H3. The summed E-state index contributed by atoms with van der Waals surface area (Å²) in [6, 6.07) is 6.39. The number of hydrogen-bond acceptors (Lipinski definition) is 2. The molecule has 0 aromatic heterocycles. The van der Waals surface area contributed by atoms with E-state index in [1.54, 1.807) is 0 Å². The lowest BCUT2D eigenvalue weighted by molar-refractivity contribution is 1.07. The first-order valence-electron chi connectivity index (χ1n) is 4.49. The van der Waals surface area contributed by atoms with E-state index >= 15 is 0 Å². The first kappa shape index (κ1) is 10.1. The third kappa shape index (κ3) is 2.78. The van der Waals surface area contributed by atoms with Crippen molar-refractivity contribution in [1.29, 1.82) is 5.26 Å². The Morgan fingerprint density at radius 3 is 2.08 bits per heavy atom. The number of aryl methyl sites for hydroxylation is 2. The van der Waals surface area contributed by atoms with E-state index in [1.165, 1.54) is 22.9 Å². The second-order valence-corrected chi connectivity index (χ2v) is 3.74. The van der Waals surface area contributed by atoms with Crippen molar-refractivity contribution in [2.45, 2.75) is 31.6 Å². The number of benzene rings is 1. The molecule has 0 radical (unpaired) electrons. The van der Waals surface area contributed by atoms with Crippen LogP contribution in [0.25, 0.3) is 0 Å². The largest absolute Gasteiger partial charge is 0.185 e. The van der Waals surface area contributed by atoms with Gasteiger partial charge in [-0.15, -0.1) is 0 Å². The summed E-state index contributed by atoms with van der Waals surface area (Å²) in [6.45, 7) is 4.27. The third-order valence-corrected chi connectivity index (χ3v) is 2.57. The average molecular weight is 191 g/mol. The highest BCUT2D eigenvalue weighted by molar-refractivity contribution is 8.03. The predicted octanol–water partition coefficient (Wildman–Crippen LogP) is 3.38. The van der Waals surface area contributed by atoms with Gasteiger partial charge < -0.3 is 0 Å². The lowest BCUT2D eigenvalue weighted by atomic mass is 10.1. The first-order chi connectivity index (χ1) is 6.30.